The molecule has 1 saturated carbocycles. The van der Waals surface area contributed by atoms with Gasteiger partial charge in [0.05, 0.1) is 17.9 Å². The van der Waals surface area contributed by atoms with Crippen molar-refractivity contribution in [1.82, 2.24) is 5.48 Å². The van der Waals surface area contributed by atoms with Crippen LogP contribution in [0.3, 0.4) is 0 Å². The summed E-state index contributed by atoms with van der Waals surface area (Å²) in [6.07, 6.45) is 2.25. The highest BCUT2D eigenvalue weighted by Gasteiger charge is 2.34. The van der Waals surface area contributed by atoms with Crippen LogP contribution >= 0.6 is 11.3 Å². The van der Waals surface area contributed by atoms with Gasteiger partial charge in [0.15, 0.2) is 11.6 Å². The van der Waals surface area contributed by atoms with Crippen LogP contribution in [0.1, 0.15) is 50.3 Å². The number of carbonyl (C=O) groups excluding carboxylic acids is 2. The van der Waals surface area contributed by atoms with E-state index in [0.717, 1.165) is 11.3 Å². The zero-order valence-corrected chi connectivity index (χ0v) is 15.4. The molecule has 0 unspecified atom stereocenters. The molecule has 0 aliphatic heterocycles. The van der Waals surface area contributed by atoms with Crippen LogP contribution in [0.2, 0.25) is 0 Å². The molecule has 1 aromatic heterocycles. The lowest BCUT2D eigenvalue weighted by atomic mass is 9.81. The standard InChI is InChI=1S/C20H23NO3S/c1-3-7-15(21-24-4-2)20-16(22)10-14(11-17(20)23)19-12-13-8-5-6-9-18(13)25-19/h5-6,8-9,12,14,21H,3-4,7,10-11H2,1-2H3. The summed E-state index contributed by atoms with van der Waals surface area (Å²) in [6, 6.07) is 10.3. The molecule has 1 fully saturated rings. The molecule has 0 saturated heterocycles. The second-order valence-corrected chi connectivity index (χ2v) is 7.39. The Bertz CT molecular complexity index is 768. The number of ketones is 2. The maximum atomic E-state index is 12.7. The normalized spacial score (nSPS) is 18.0. The molecule has 1 aromatic carbocycles. The maximum absolute atomic E-state index is 12.7. The Morgan fingerprint density at radius 2 is 1.92 bits per heavy atom. The zero-order chi connectivity index (χ0) is 17.8. The number of carbonyl (C=O) groups is 2. The van der Waals surface area contributed by atoms with Gasteiger partial charge in [-0.2, -0.15) is 0 Å². The summed E-state index contributed by atoms with van der Waals surface area (Å²) in [7, 11) is 0. The van der Waals surface area contributed by atoms with Crippen LogP contribution in [-0.4, -0.2) is 18.2 Å². The van der Waals surface area contributed by atoms with E-state index >= 15 is 0 Å². The van der Waals surface area contributed by atoms with E-state index in [0.29, 0.717) is 37.1 Å². The van der Waals surface area contributed by atoms with Crippen molar-refractivity contribution in [3.63, 3.8) is 0 Å². The van der Waals surface area contributed by atoms with Crippen molar-refractivity contribution in [2.75, 3.05) is 6.61 Å². The fourth-order valence-electron chi connectivity index (χ4n) is 3.26. The van der Waals surface area contributed by atoms with Crippen molar-refractivity contribution in [3.8, 4) is 0 Å². The maximum Gasteiger partial charge on any atom is 0.168 e. The summed E-state index contributed by atoms with van der Waals surface area (Å²) >= 11 is 1.68. The van der Waals surface area contributed by atoms with Gasteiger partial charge in [0.1, 0.15) is 0 Å². The van der Waals surface area contributed by atoms with E-state index < -0.39 is 0 Å². The van der Waals surface area contributed by atoms with Crippen LogP contribution in [0.15, 0.2) is 41.6 Å². The van der Waals surface area contributed by atoms with Crippen molar-refractivity contribution in [1.29, 1.82) is 0 Å². The smallest absolute Gasteiger partial charge is 0.168 e. The molecular weight excluding hydrogens is 334 g/mol. The monoisotopic (exact) mass is 357 g/mol. The number of rotatable bonds is 6. The largest absolute Gasteiger partial charge is 0.294 e. The van der Waals surface area contributed by atoms with E-state index in [4.69, 9.17) is 4.84 Å². The van der Waals surface area contributed by atoms with E-state index in [1.807, 2.05) is 26.0 Å². The van der Waals surface area contributed by atoms with Crippen LogP contribution in [-0.2, 0) is 14.4 Å². The summed E-state index contributed by atoms with van der Waals surface area (Å²) in [4.78, 5) is 31.8. The van der Waals surface area contributed by atoms with Gasteiger partial charge in [0, 0.05) is 28.3 Å². The Kier molecular flexibility index (Phi) is 5.66. The number of hydroxylamine groups is 1. The fourth-order valence-corrected chi connectivity index (χ4v) is 4.42. The fraction of sp³-hybridized carbons (Fsp3) is 0.400. The second kappa shape index (κ2) is 7.93. The van der Waals surface area contributed by atoms with Gasteiger partial charge >= 0.3 is 0 Å². The lowest BCUT2D eigenvalue weighted by Gasteiger charge is -2.23. The Hall–Kier alpha value is -1.98. The van der Waals surface area contributed by atoms with Crippen LogP contribution in [0.4, 0.5) is 0 Å². The molecule has 1 N–H and O–H groups in total. The molecule has 132 valence electrons. The molecule has 5 heteroatoms. The van der Waals surface area contributed by atoms with Gasteiger partial charge in [0.2, 0.25) is 0 Å². The number of benzene rings is 1. The zero-order valence-electron chi connectivity index (χ0n) is 14.6. The number of nitrogens with one attached hydrogen (secondary N) is 1. The Labute approximate surface area is 151 Å². The molecule has 3 rings (SSSR count). The first-order chi connectivity index (χ1) is 12.1. The Morgan fingerprint density at radius 3 is 2.56 bits per heavy atom. The molecule has 0 amide bonds. The summed E-state index contributed by atoms with van der Waals surface area (Å²) in [5.74, 6) is -0.167. The lowest BCUT2D eigenvalue weighted by molar-refractivity contribution is -0.124. The number of fused-ring (bicyclic) bond motifs is 1. The molecule has 25 heavy (non-hydrogen) atoms. The van der Waals surface area contributed by atoms with Crippen LogP contribution < -0.4 is 5.48 Å². The highest BCUT2D eigenvalue weighted by atomic mass is 32.1. The first kappa shape index (κ1) is 17.8. The third-order valence-electron chi connectivity index (χ3n) is 4.41. The number of hydrogen-bond donors (Lipinski definition) is 1. The first-order valence-corrected chi connectivity index (χ1v) is 9.61. The Morgan fingerprint density at radius 1 is 1.20 bits per heavy atom. The number of Topliss-reactive ketones (excluding diaryl/α,β-unsaturated/α-hetero) is 2. The molecule has 2 aromatic rings. The molecule has 4 nitrogen and oxygen atoms in total. The molecule has 1 aliphatic rings. The highest BCUT2D eigenvalue weighted by molar-refractivity contribution is 7.19. The van der Waals surface area contributed by atoms with E-state index in [1.54, 1.807) is 11.3 Å². The van der Waals surface area contributed by atoms with Gasteiger partial charge in [-0.15, -0.1) is 11.3 Å². The number of hydrogen-bond acceptors (Lipinski definition) is 5. The molecule has 1 aliphatic carbocycles. The number of thiophene rings is 1. The summed E-state index contributed by atoms with van der Waals surface area (Å²) < 4.78 is 1.20. The summed E-state index contributed by atoms with van der Waals surface area (Å²) in [5, 5.41) is 1.17. The van der Waals surface area contributed by atoms with Crippen LogP contribution in [0.5, 0.6) is 0 Å². The third-order valence-corrected chi connectivity index (χ3v) is 5.69. The average Bonchev–Trinajstić information content (AvgIpc) is 3.03. The topological polar surface area (TPSA) is 55.4 Å². The molecular formula is C20H23NO3S. The summed E-state index contributed by atoms with van der Waals surface area (Å²) in [5.41, 5.74) is 3.76. The van der Waals surface area contributed by atoms with Gasteiger partial charge in [-0.3, -0.25) is 19.9 Å². The van der Waals surface area contributed by atoms with E-state index in [2.05, 4.69) is 23.7 Å². The van der Waals surface area contributed by atoms with E-state index in [1.165, 1.54) is 10.1 Å². The predicted octanol–water partition coefficient (Wildman–Crippen LogP) is 4.51. The van der Waals surface area contributed by atoms with Gasteiger partial charge in [-0.05, 0) is 30.9 Å². The van der Waals surface area contributed by atoms with Crippen molar-refractivity contribution in [2.45, 2.75) is 45.4 Å². The molecule has 0 bridgehead atoms. The van der Waals surface area contributed by atoms with Crippen LogP contribution in [0.25, 0.3) is 10.1 Å². The molecule has 0 atom stereocenters. The van der Waals surface area contributed by atoms with E-state index in [9.17, 15) is 9.59 Å². The minimum absolute atomic E-state index is 0.0175. The quantitative estimate of drug-likeness (QED) is 0.469. The van der Waals surface area contributed by atoms with E-state index in [-0.39, 0.29) is 17.5 Å². The average molecular weight is 357 g/mol. The van der Waals surface area contributed by atoms with Crippen molar-refractivity contribution in [2.24, 2.45) is 0 Å². The van der Waals surface area contributed by atoms with Crippen LogP contribution in [0, 0.1) is 0 Å². The minimum atomic E-state index is -0.0747. The lowest BCUT2D eigenvalue weighted by Crippen LogP contribution is -2.29. The second-order valence-electron chi connectivity index (χ2n) is 6.28. The van der Waals surface area contributed by atoms with Crippen molar-refractivity contribution >= 4 is 33.0 Å². The first-order valence-electron chi connectivity index (χ1n) is 8.79. The molecule has 0 radical (unpaired) electrons. The minimum Gasteiger partial charge on any atom is -0.294 e. The van der Waals surface area contributed by atoms with Gasteiger partial charge in [-0.25, -0.2) is 0 Å². The van der Waals surface area contributed by atoms with Crippen molar-refractivity contribution in [3.05, 3.63) is 46.5 Å². The van der Waals surface area contributed by atoms with Gasteiger partial charge < -0.3 is 0 Å². The number of allylic oxidation sites excluding steroid dienone is 2. The summed E-state index contributed by atoms with van der Waals surface area (Å²) in [6.45, 7) is 4.36. The SMILES string of the molecule is CCCC(NOCC)=C1C(=O)CC(c2cc3ccccc3s2)CC1=O. The molecule has 0 spiro atoms. The van der Waals surface area contributed by atoms with Gasteiger partial charge in [0.25, 0.3) is 0 Å². The van der Waals surface area contributed by atoms with Crippen molar-refractivity contribution < 1.29 is 14.4 Å². The molecule has 1 heterocycles. The third kappa shape index (κ3) is 3.83. The highest BCUT2D eigenvalue weighted by Crippen LogP contribution is 2.38. The Balaban J connectivity index is 1.85. The van der Waals surface area contributed by atoms with Gasteiger partial charge in [-0.1, -0.05) is 31.5 Å². The predicted molar refractivity (Wildman–Crippen MR) is 101 cm³/mol.